The molecular weight excluding hydrogens is 252 g/mol. The van der Waals surface area contributed by atoms with E-state index in [1.54, 1.807) is 0 Å². The van der Waals surface area contributed by atoms with Gasteiger partial charge in [-0.05, 0) is 34.7 Å². The summed E-state index contributed by atoms with van der Waals surface area (Å²) in [5.74, 6) is 1.23. The van der Waals surface area contributed by atoms with Crippen LogP contribution in [0.1, 0.15) is 33.6 Å². The Morgan fingerprint density at radius 2 is 2.13 bits per heavy atom. The molecule has 0 saturated heterocycles. The topological polar surface area (TPSA) is 17.1 Å². The maximum absolute atomic E-state index is 12.2. The van der Waals surface area contributed by atoms with Crippen LogP contribution in [0, 0.1) is 17.3 Å². The molecule has 3 aliphatic carbocycles. The summed E-state index contributed by atoms with van der Waals surface area (Å²) in [6.45, 7) is 10.4. The van der Waals surface area contributed by atoms with Crippen molar-refractivity contribution in [3.8, 4) is 0 Å². The number of carbonyl (C=O) groups excluding carboxylic acids is 1. The van der Waals surface area contributed by atoms with E-state index in [0.717, 1.165) is 16.5 Å². The zero-order valence-corrected chi connectivity index (χ0v) is 11.1. The highest BCUT2D eigenvalue weighted by Gasteiger charge is 2.56. The summed E-state index contributed by atoms with van der Waals surface area (Å²) in [5.41, 5.74) is 2.50. The molecule has 1 saturated carbocycles. The van der Waals surface area contributed by atoms with Gasteiger partial charge in [0.05, 0.1) is 0 Å². The van der Waals surface area contributed by atoms with Crippen LogP contribution in [0.2, 0.25) is 0 Å². The van der Waals surface area contributed by atoms with Gasteiger partial charge in [-0.25, -0.2) is 0 Å². The second-order valence-electron chi connectivity index (χ2n) is 5.38. The molecule has 0 aromatic heterocycles. The summed E-state index contributed by atoms with van der Waals surface area (Å²) >= 11 is 3.35. The number of carbonyl (C=O) groups is 1. The molecule has 0 heterocycles. The Balaban J connectivity index is 2.37. The predicted molar refractivity (Wildman–Crippen MR) is 65.8 cm³/mol. The van der Waals surface area contributed by atoms with E-state index in [-0.39, 0.29) is 11.3 Å². The first kappa shape index (κ1) is 11.1. The second kappa shape index (κ2) is 3.31. The van der Waals surface area contributed by atoms with Crippen LogP contribution in [-0.4, -0.2) is 5.78 Å². The van der Waals surface area contributed by atoms with Gasteiger partial charge in [0, 0.05) is 12.3 Å². The van der Waals surface area contributed by atoms with Crippen molar-refractivity contribution >= 4 is 21.7 Å². The molecule has 0 aromatic rings. The normalized spacial score (nSPS) is 32.7. The smallest absolute Gasteiger partial charge is 0.162 e. The fourth-order valence-electron chi connectivity index (χ4n) is 3.14. The number of hydrogen-bond donors (Lipinski definition) is 0. The lowest BCUT2D eigenvalue weighted by Crippen LogP contribution is -2.53. The Kier molecular flexibility index (Phi) is 2.45. The lowest BCUT2D eigenvalue weighted by atomic mass is 9.47. The molecule has 0 amide bonds. The van der Waals surface area contributed by atoms with E-state index in [2.05, 4.69) is 43.3 Å². The van der Waals surface area contributed by atoms with Gasteiger partial charge in [-0.1, -0.05) is 41.9 Å². The van der Waals surface area contributed by atoms with Crippen LogP contribution in [-0.2, 0) is 4.79 Å². The molecule has 1 fully saturated rings. The number of halogens is 1. The Morgan fingerprint density at radius 1 is 1.53 bits per heavy atom. The van der Waals surface area contributed by atoms with Crippen LogP contribution < -0.4 is 0 Å². The van der Waals surface area contributed by atoms with Crippen molar-refractivity contribution in [2.45, 2.75) is 33.6 Å². The average molecular weight is 269 g/mol. The van der Waals surface area contributed by atoms with Gasteiger partial charge in [0.25, 0.3) is 0 Å². The molecule has 0 spiro atoms. The van der Waals surface area contributed by atoms with Gasteiger partial charge in [0.15, 0.2) is 5.78 Å². The molecule has 2 atom stereocenters. The number of hydrogen-bond acceptors (Lipinski definition) is 1. The van der Waals surface area contributed by atoms with Gasteiger partial charge in [0.2, 0.25) is 0 Å². The zero-order valence-electron chi connectivity index (χ0n) is 9.56. The summed E-state index contributed by atoms with van der Waals surface area (Å²) in [4.78, 5) is 12.2. The van der Waals surface area contributed by atoms with Crippen molar-refractivity contribution in [3.63, 3.8) is 0 Å². The van der Waals surface area contributed by atoms with Gasteiger partial charge in [0.1, 0.15) is 0 Å². The lowest BCUT2D eigenvalue weighted by Gasteiger charge is -2.56. The highest BCUT2D eigenvalue weighted by molar-refractivity contribution is 9.11. The van der Waals surface area contributed by atoms with Crippen LogP contribution in [0.4, 0.5) is 0 Å². The molecule has 3 aliphatic rings. The molecule has 1 nitrogen and oxygen atoms in total. The van der Waals surface area contributed by atoms with Gasteiger partial charge < -0.3 is 0 Å². The quantitative estimate of drug-likeness (QED) is 0.744. The maximum Gasteiger partial charge on any atom is 0.162 e. The van der Waals surface area contributed by atoms with E-state index in [0.29, 0.717) is 18.1 Å². The summed E-state index contributed by atoms with van der Waals surface area (Å²) in [6.07, 6.45) is 1.77. The SMILES string of the molecule is C=C(Br)CC1=C(C)[C@H]2C[C@@H](C1=O)C2(C)C. The van der Waals surface area contributed by atoms with E-state index >= 15 is 0 Å². The van der Waals surface area contributed by atoms with Gasteiger partial charge in [-0.3, -0.25) is 4.79 Å². The first-order valence-electron chi connectivity index (χ1n) is 5.42. The number of allylic oxidation sites excluding steroid dienone is 3. The van der Waals surface area contributed by atoms with E-state index < -0.39 is 0 Å². The molecule has 0 N–H and O–H groups in total. The Hall–Kier alpha value is -0.370. The minimum absolute atomic E-state index is 0.193. The summed E-state index contributed by atoms with van der Waals surface area (Å²) in [6, 6.07) is 0. The molecule has 15 heavy (non-hydrogen) atoms. The largest absolute Gasteiger partial charge is 0.294 e. The number of fused-ring (bicyclic) bond motifs is 1. The third-order valence-electron chi connectivity index (χ3n) is 4.25. The fraction of sp³-hybridized carbons (Fsp3) is 0.615. The Labute approximate surface area is 99.8 Å². The Bertz CT molecular complexity index is 376. The fourth-order valence-corrected chi connectivity index (χ4v) is 3.42. The van der Waals surface area contributed by atoms with Crippen molar-refractivity contribution in [1.82, 2.24) is 0 Å². The Morgan fingerprint density at radius 3 is 2.53 bits per heavy atom. The van der Waals surface area contributed by atoms with Gasteiger partial charge in [-0.15, -0.1) is 0 Å². The van der Waals surface area contributed by atoms with E-state index in [9.17, 15) is 4.79 Å². The molecular formula is C13H17BrO. The first-order chi connectivity index (χ1) is 6.85. The third kappa shape index (κ3) is 1.45. The van der Waals surface area contributed by atoms with Crippen LogP contribution >= 0.6 is 15.9 Å². The van der Waals surface area contributed by atoms with Crippen molar-refractivity contribution in [2.24, 2.45) is 17.3 Å². The van der Waals surface area contributed by atoms with Crippen LogP contribution in [0.3, 0.4) is 0 Å². The molecule has 82 valence electrons. The van der Waals surface area contributed by atoms with Crippen molar-refractivity contribution in [3.05, 3.63) is 22.2 Å². The van der Waals surface area contributed by atoms with E-state index in [1.807, 2.05) is 0 Å². The van der Waals surface area contributed by atoms with Crippen LogP contribution in [0.15, 0.2) is 22.2 Å². The monoisotopic (exact) mass is 268 g/mol. The molecule has 2 bridgehead atoms. The summed E-state index contributed by atoms with van der Waals surface area (Å²) in [5, 5.41) is 0. The average Bonchev–Trinajstić information content (AvgIpc) is 2.09. The van der Waals surface area contributed by atoms with Crippen molar-refractivity contribution < 1.29 is 4.79 Å². The van der Waals surface area contributed by atoms with Crippen molar-refractivity contribution in [2.75, 3.05) is 0 Å². The third-order valence-corrected chi connectivity index (χ3v) is 4.53. The lowest BCUT2D eigenvalue weighted by molar-refractivity contribution is -0.135. The highest BCUT2D eigenvalue weighted by atomic mass is 79.9. The first-order valence-corrected chi connectivity index (χ1v) is 6.22. The minimum Gasteiger partial charge on any atom is -0.294 e. The van der Waals surface area contributed by atoms with Crippen LogP contribution in [0.25, 0.3) is 0 Å². The number of rotatable bonds is 2. The number of ketones is 1. The molecule has 0 radical (unpaired) electrons. The van der Waals surface area contributed by atoms with E-state index in [4.69, 9.17) is 0 Å². The van der Waals surface area contributed by atoms with Gasteiger partial charge >= 0.3 is 0 Å². The molecule has 0 aromatic carbocycles. The van der Waals surface area contributed by atoms with E-state index in [1.165, 1.54) is 5.57 Å². The minimum atomic E-state index is 0.193. The zero-order chi connectivity index (χ0) is 11.4. The van der Waals surface area contributed by atoms with Gasteiger partial charge in [-0.2, -0.15) is 0 Å². The summed E-state index contributed by atoms with van der Waals surface area (Å²) < 4.78 is 0.907. The molecule has 0 unspecified atom stereocenters. The van der Waals surface area contributed by atoms with Crippen molar-refractivity contribution in [1.29, 1.82) is 0 Å². The molecule has 2 heteroatoms. The second-order valence-corrected chi connectivity index (χ2v) is 6.50. The maximum atomic E-state index is 12.2. The highest BCUT2D eigenvalue weighted by Crippen LogP contribution is 2.60. The standard InChI is InChI=1S/C13H17BrO/c1-7(14)5-9-8(2)10-6-11(12(9)15)13(10,3)4/h10-11H,1,5-6H2,2-4H3/t10-,11+/m1/s1. The molecule has 0 aliphatic heterocycles. The predicted octanol–water partition coefficient (Wildman–Crippen LogP) is 3.85. The number of Topliss-reactive ketones (excluding diaryl/α,β-unsaturated/α-hetero) is 1. The van der Waals surface area contributed by atoms with Crippen LogP contribution in [0.5, 0.6) is 0 Å². The molecule has 3 rings (SSSR count). The summed E-state index contributed by atoms with van der Waals surface area (Å²) in [7, 11) is 0.